The lowest BCUT2D eigenvalue weighted by atomic mass is 10.1. The van der Waals surface area contributed by atoms with Crippen molar-refractivity contribution in [1.82, 2.24) is 14.9 Å². The number of rotatable bonds is 2. The van der Waals surface area contributed by atoms with Gasteiger partial charge in [-0.2, -0.15) is 0 Å². The zero-order valence-electron chi connectivity index (χ0n) is 14.4. The molecule has 8 heteroatoms. The molecule has 0 saturated carbocycles. The maximum absolute atomic E-state index is 13.1. The molecule has 4 rings (SSSR count). The van der Waals surface area contributed by atoms with Crippen molar-refractivity contribution in [3.63, 3.8) is 0 Å². The molecule has 2 aromatic carbocycles. The molecule has 3 aromatic rings. The Bertz CT molecular complexity index is 1110. The van der Waals surface area contributed by atoms with Crippen LogP contribution in [0.2, 0.25) is 0 Å². The fourth-order valence-corrected chi connectivity index (χ4v) is 3.25. The summed E-state index contributed by atoms with van der Waals surface area (Å²) in [6.07, 6.45) is 0. The largest absolute Gasteiger partial charge is 0.368 e. The Labute approximate surface area is 153 Å². The average molecular weight is 368 g/mol. The third-order valence-corrected chi connectivity index (χ3v) is 4.73. The monoisotopic (exact) mass is 368 g/mol. The van der Waals surface area contributed by atoms with E-state index in [0.29, 0.717) is 42.8 Å². The van der Waals surface area contributed by atoms with Crippen LogP contribution >= 0.6 is 0 Å². The van der Waals surface area contributed by atoms with Crippen molar-refractivity contribution in [2.45, 2.75) is 0 Å². The van der Waals surface area contributed by atoms with E-state index in [2.05, 4.69) is 14.9 Å². The van der Waals surface area contributed by atoms with Gasteiger partial charge in [-0.15, -0.1) is 0 Å². The number of piperazine rings is 1. The molecule has 1 aromatic heterocycles. The molecule has 0 bridgehead atoms. The first-order valence-electron chi connectivity index (χ1n) is 8.57. The Morgan fingerprint density at radius 3 is 2.15 bits per heavy atom. The van der Waals surface area contributed by atoms with Crippen LogP contribution in [0.15, 0.2) is 52.1 Å². The minimum Gasteiger partial charge on any atom is -0.368 e. The minimum atomic E-state index is -0.750. The number of aromatic amines is 2. The van der Waals surface area contributed by atoms with E-state index in [1.165, 1.54) is 12.1 Å². The van der Waals surface area contributed by atoms with Crippen molar-refractivity contribution in [3.05, 3.63) is 74.6 Å². The van der Waals surface area contributed by atoms with Gasteiger partial charge in [0.1, 0.15) is 5.82 Å². The zero-order valence-corrected chi connectivity index (χ0v) is 14.4. The molecule has 1 saturated heterocycles. The molecular weight excluding hydrogens is 351 g/mol. The van der Waals surface area contributed by atoms with Gasteiger partial charge >= 0.3 is 11.1 Å². The van der Waals surface area contributed by atoms with Crippen molar-refractivity contribution < 1.29 is 9.18 Å². The quantitative estimate of drug-likeness (QED) is 0.668. The number of carbonyl (C=O) groups excluding carboxylic acids is 1. The molecule has 0 atom stereocenters. The SMILES string of the molecule is O=C(c1ccc2[nH]c(=O)c(=O)[nH]c2c1)N1CCN(c2ccc(F)cc2)CC1. The summed E-state index contributed by atoms with van der Waals surface area (Å²) in [5.74, 6) is -0.411. The summed E-state index contributed by atoms with van der Waals surface area (Å²) in [5.41, 5.74) is 0.780. The number of carbonyl (C=O) groups is 1. The standard InChI is InChI=1S/C19H17FN4O3/c20-13-2-4-14(5-3-13)23-7-9-24(10-8-23)19(27)12-1-6-15-16(11-12)22-18(26)17(25)21-15/h1-6,11H,7-10H2,(H,21,25)(H,22,26). The van der Waals surface area contributed by atoms with Crippen molar-refractivity contribution >= 4 is 22.6 Å². The Balaban J connectivity index is 1.50. The smallest absolute Gasteiger partial charge is 0.314 e. The topological polar surface area (TPSA) is 89.3 Å². The molecule has 1 aliphatic rings. The molecule has 27 heavy (non-hydrogen) atoms. The second kappa shape index (κ2) is 6.71. The lowest BCUT2D eigenvalue weighted by Gasteiger charge is -2.36. The van der Waals surface area contributed by atoms with Gasteiger partial charge in [-0.3, -0.25) is 14.4 Å². The van der Waals surface area contributed by atoms with Crippen LogP contribution < -0.4 is 16.0 Å². The molecule has 7 nitrogen and oxygen atoms in total. The maximum Gasteiger partial charge on any atom is 0.314 e. The third-order valence-electron chi connectivity index (χ3n) is 4.73. The number of benzene rings is 2. The van der Waals surface area contributed by atoms with Crippen LogP contribution in [0.3, 0.4) is 0 Å². The van der Waals surface area contributed by atoms with Gasteiger partial charge in [0.2, 0.25) is 0 Å². The Hall–Kier alpha value is -3.42. The van der Waals surface area contributed by atoms with E-state index in [4.69, 9.17) is 0 Å². The molecule has 1 amide bonds. The predicted octanol–water partition coefficient (Wildman–Crippen LogP) is 1.32. The molecule has 2 N–H and O–H groups in total. The van der Waals surface area contributed by atoms with Gasteiger partial charge < -0.3 is 19.8 Å². The first-order chi connectivity index (χ1) is 13.0. The van der Waals surface area contributed by atoms with Crippen LogP contribution in [0.4, 0.5) is 10.1 Å². The molecule has 1 fully saturated rings. The van der Waals surface area contributed by atoms with Crippen LogP contribution in [-0.4, -0.2) is 47.0 Å². The van der Waals surface area contributed by atoms with Crippen molar-refractivity contribution in [3.8, 4) is 0 Å². The van der Waals surface area contributed by atoms with Gasteiger partial charge in [0.05, 0.1) is 11.0 Å². The molecule has 0 unspecified atom stereocenters. The third kappa shape index (κ3) is 3.33. The summed E-state index contributed by atoms with van der Waals surface area (Å²) < 4.78 is 13.1. The average Bonchev–Trinajstić information content (AvgIpc) is 2.69. The van der Waals surface area contributed by atoms with Gasteiger partial charge in [-0.25, -0.2) is 4.39 Å². The summed E-state index contributed by atoms with van der Waals surface area (Å²) in [5, 5.41) is 0. The first kappa shape index (κ1) is 17.0. The summed E-state index contributed by atoms with van der Waals surface area (Å²) in [7, 11) is 0. The zero-order chi connectivity index (χ0) is 19.0. The van der Waals surface area contributed by atoms with E-state index in [9.17, 15) is 18.8 Å². The van der Waals surface area contributed by atoms with E-state index >= 15 is 0 Å². The molecule has 1 aliphatic heterocycles. The number of aromatic nitrogens is 2. The first-order valence-corrected chi connectivity index (χ1v) is 8.57. The lowest BCUT2D eigenvalue weighted by Crippen LogP contribution is -2.48. The van der Waals surface area contributed by atoms with Crippen LogP contribution in [0.5, 0.6) is 0 Å². The molecule has 0 radical (unpaired) electrons. The summed E-state index contributed by atoms with van der Waals surface area (Å²) in [4.78, 5) is 44.4. The molecule has 2 heterocycles. The number of anilines is 1. The number of nitrogens with zero attached hydrogens (tertiary/aromatic N) is 2. The fraction of sp³-hybridized carbons (Fsp3) is 0.211. The van der Waals surface area contributed by atoms with Gasteiger partial charge in [0.25, 0.3) is 5.91 Å². The van der Waals surface area contributed by atoms with Crippen molar-refractivity contribution in [2.75, 3.05) is 31.1 Å². The molecule has 0 aliphatic carbocycles. The fourth-order valence-electron chi connectivity index (χ4n) is 3.25. The summed E-state index contributed by atoms with van der Waals surface area (Å²) in [6, 6.07) is 11.1. The maximum atomic E-state index is 13.1. The van der Waals surface area contributed by atoms with Gasteiger partial charge in [0.15, 0.2) is 0 Å². The number of nitrogens with one attached hydrogen (secondary N) is 2. The number of hydrogen-bond donors (Lipinski definition) is 2. The molecular formula is C19H17FN4O3. The number of amides is 1. The summed E-state index contributed by atoms with van der Waals surface area (Å²) in [6.45, 7) is 2.37. The summed E-state index contributed by atoms with van der Waals surface area (Å²) >= 11 is 0. The lowest BCUT2D eigenvalue weighted by molar-refractivity contribution is 0.0747. The number of halogens is 1. The number of H-pyrrole nitrogens is 2. The van der Waals surface area contributed by atoms with E-state index in [-0.39, 0.29) is 11.7 Å². The van der Waals surface area contributed by atoms with Gasteiger partial charge in [-0.1, -0.05) is 0 Å². The van der Waals surface area contributed by atoms with Crippen LogP contribution in [0, 0.1) is 5.82 Å². The predicted molar refractivity (Wildman–Crippen MR) is 99.7 cm³/mol. The number of fused-ring (bicyclic) bond motifs is 1. The van der Waals surface area contributed by atoms with E-state index in [0.717, 1.165) is 5.69 Å². The highest BCUT2D eigenvalue weighted by molar-refractivity contribution is 5.97. The van der Waals surface area contributed by atoms with Crippen molar-refractivity contribution in [1.29, 1.82) is 0 Å². The normalized spacial score (nSPS) is 14.6. The highest BCUT2D eigenvalue weighted by Gasteiger charge is 2.22. The van der Waals surface area contributed by atoms with E-state index in [1.807, 2.05) is 0 Å². The second-order valence-electron chi connectivity index (χ2n) is 6.42. The minimum absolute atomic E-state index is 0.136. The van der Waals surface area contributed by atoms with Gasteiger partial charge in [0, 0.05) is 37.4 Å². The van der Waals surface area contributed by atoms with Crippen LogP contribution in [0.1, 0.15) is 10.4 Å². The molecule has 138 valence electrons. The van der Waals surface area contributed by atoms with Crippen LogP contribution in [-0.2, 0) is 0 Å². The van der Waals surface area contributed by atoms with Crippen LogP contribution in [0.25, 0.3) is 11.0 Å². The highest BCUT2D eigenvalue weighted by Crippen LogP contribution is 2.18. The Kier molecular flexibility index (Phi) is 4.23. The Morgan fingerprint density at radius 1 is 0.852 bits per heavy atom. The highest BCUT2D eigenvalue weighted by atomic mass is 19.1. The second-order valence-corrected chi connectivity index (χ2v) is 6.42. The molecule has 0 spiro atoms. The van der Waals surface area contributed by atoms with E-state index < -0.39 is 11.1 Å². The Morgan fingerprint density at radius 2 is 1.48 bits per heavy atom. The van der Waals surface area contributed by atoms with E-state index in [1.54, 1.807) is 35.2 Å². The number of hydrogen-bond acceptors (Lipinski definition) is 4. The van der Waals surface area contributed by atoms with Crippen molar-refractivity contribution in [2.24, 2.45) is 0 Å². The van der Waals surface area contributed by atoms with Gasteiger partial charge in [-0.05, 0) is 42.5 Å².